The van der Waals surface area contributed by atoms with Crippen molar-refractivity contribution in [3.8, 4) is 17.3 Å². The van der Waals surface area contributed by atoms with Gasteiger partial charge in [0, 0.05) is 24.5 Å². The number of hydrogen-bond donors (Lipinski definition) is 1. The van der Waals surface area contributed by atoms with E-state index in [4.69, 9.17) is 5.26 Å². The number of nitriles is 1. The molecule has 2 rings (SSSR count). The fraction of sp³-hybridized carbons (Fsp3) is 0.0769. The highest BCUT2D eigenvalue weighted by Crippen LogP contribution is 2.20. The summed E-state index contributed by atoms with van der Waals surface area (Å²) in [7, 11) is 1.87. The molecule has 0 atom stereocenters. The quantitative estimate of drug-likeness (QED) is 0.827. The molecule has 0 unspecified atom stereocenters. The van der Waals surface area contributed by atoms with E-state index in [1.165, 1.54) is 0 Å². The van der Waals surface area contributed by atoms with Gasteiger partial charge in [-0.25, -0.2) is 0 Å². The maximum absolute atomic E-state index is 8.83. The van der Waals surface area contributed by atoms with E-state index in [0.717, 1.165) is 16.9 Å². The van der Waals surface area contributed by atoms with E-state index in [1.54, 1.807) is 12.3 Å². The Bertz CT molecular complexity index is 541. The number of nitrogens with zero attached hydrogens (tertiary/aromatic N) is 2. The molecule has 0 aliphatic heterocycles. The molecule has 0 saturated carbocycles. The zero-order chi connectivity index (χ0) is 11.4. The molecule has 1 aromatic heterocycles. The highest BCUT2D eigenvalue weighted by molar-refractivity contribution is 5.65. The van der Waals surface area contributed by atoms with Crippen LogP contribution in [0.5, 0.6) is 0 Å². The number of aromatic nitrogens is 1. The van der Waals surface area contributed by atoms with Crippen LogP contribution in [0.4, 0.5) is 5.69 Å². The summed E-state index contributed by atoms with van der Waals surface area (Å²) in [4.78, 5) is 4.28. The van der Waals surface area contributed by atoms with Crippen molar-refractivity contribution in [3.05, 3.63) is 48.2 Å². The Morgan fingerprint density at radius 2 is 2.12 bits per heavy atom. The van der Waals surface area contributed by atoms with Crippen LogP contribution in [0.3, 0.4) is 0 Å². The lowest BCUT2D eigenvalue weighted by Crippen LogP contribution is -1.90. The summed E-state index contributed by atoms with van der Waals surface area (Å²) >= 11 is 0. The lowest BCUT2D eigenvalue weighted by molar-refractivity contribution is 1.31. The Kier molecular flexibility index (Phi) is 2.84. The first-order valence-corrected chi connectivity index (χ1v) is 4.98. The van der Waals surface area contributed by atoms with Gasteiger partial charge < -0.3 is 5.32 Å². The second kappa shape index (κ2) is 4.45. The predicted molar refractivity (Wildman–Crippen MR) is 63.9 cm³/mol. The maximum Gasteiger partial charge on any atom is 0.0991 e. The number of pyridine rings is 1. The zero-order valence-corrected chi connectivity index (χ0v) is 8.94. The van der Waals surface area contributed by atoms with Crippen molar-refractivity contribution in [2.24, 2.45) is 0 Å². The molecular formula is C13H11N3. The Hall–Kier alpha value is -2.34. The molecule has 2 aromatic rings. The van der Waals surface area contributed by atoms with Crippen molar-refractivity contribution in [2.75, 3.05) is 12.4 Å². The lowest BCUT2D eigenvalue weighted by Gasteiger charge is -2.04. The van der Waals surface area contributed by atoms with Gasteiger partial charge in [0.25, 0.3) is 0 Å². The molecule has 0 aliphatic rings. The number of rotatable bonds is 2. The molecule has 0 spiro atoms. The van der Waals surface area contributed by atoms with E-state index in [-0.39, 0.29) is 0 Å². The molecule has 0 radical (unpaired) electrons. The predicted octanol–water partition coefficient (Wildman–Crippen LogP) is 2.66. The van der Waals surface area contributed by atoms with E-state index in [2.05, 4.69) is 16.4 Å². The molecule has 16 heavy (non-hydrogen) atoms. The summed E-state index contributed by atoms with van der Waals surface area (Å²) in [6.45, 7) is 0. The summed E-state index contributed by atoms with van der Waals surface area (Å²) in [6, 6.07) is 13.4. The summed E-state index contributed by atoms with van der Waals surface area (Å²) in [6.07, 6.45) is 1.75. The van der Waals surface area contributed by atoms with Gasteiger partial charge in [-0.1, -0.05) is 12.1 Å². The summed E-state index contributed by atoms with van der Waals surface area (Å²) in [5.41, 5.74) is 3.47. The largest absolute Gasteiger partial charge is 0.388 e. The molecule has 0 fully saturated rings. The molecule has 1 aromatic carbocycles. The van der Waals surface area contributed by atoms with Crippen LogP contribution in [0.15, 0.2) is 42.6 Å². The van der Waals surface area contributed by atoms with Crippen LogP contribution < -0.4 is 5.32 Å². The number of nitrogens with one attached hydrogen (secondary N) is 1. The van der Waals surface area contributed by atoms with E-state index >= 15 is 0 Å². The highest BCUT2D eigenvalue weighted by atomic mass is 14.8. The molecular weight excluding hydrogens is 198 g/mol. The molecule has 1 N–H and O–H groups in total. The van der Waals surface area contributed by atoms with Gasteiger partial charge >= 0.3 is 0 Å². The minimum Gasteiger partial charge on any atom is -0.388 e. The van der Waals surface area contributed by atoms with Crippen molar-refractivity contribution >= 4 is 5.69 Å². The van der Waals surface area contributed by atoms with Gasteiger partial charge in [0.1, 0.15) is 0 Å². The number of benzene rings is 1. The Labute approximate surface area is 94.4 Å². The molecule has 78 valence electrons. The van der Waals surface area contributed by atoms with Gasteiger partial charge in [0.05, 0.1) is 17.3 Å². The van der Waals surface area contributed by atoms with Gasteiger partial charge in [-0.3, -0.25) is 4.98 Å². The zero-order valence-electron chi connectivity index (χ0n) is 8.94. The second-order valence-electron chi connectivity index (χ2n) is 3.37. The fourth-order valence-electron chi connectivity index (χ4n) is 1.49. The van der Waals surface area contributed by atoms with Gasteiger partial charge in [-0.2, -0.15) is 5.26 Å². The van der Waals surface area contributed by atoms with Gasteiger partial charge in [-0.05, 0) is 24.3 Å². The second-order valence-corrected chi connectivity index (χ2v) is 3.37. The van der Waals surface area contributed by atoms with Crippen molar-refractivity contribution < 1.29 is 0 Å². The summed E-state index contributed by atoms with van der Waals surface area (Å²) < 4.78 is 0. The molecule has 0 aliphatic carbocycles. The van der Waals surface area contributed by atoms with Crippen molar-refractivity contribution in [1.29, 1.82) is 5.26 Å². The number of hydrogen-bond acceptors (Lipinski definition) is 3. The minimum absolute atomic E-state index is 0.647. The smallest absolute Gasteiger partial charge is 0.0991 e. The van der Waals surface area contributed by atoms with Crippen molar-refractivity contribution in [2.45, 2.75) is 0 Å². The highest BCUT2D eigenvalue weighted by Gasteiger charge is 2.01. The summed E-state index contributed by atoms with van der Waals surface area (Å²) in [5.74, 6) is 0. The monoisotopic (exact) mass is 209 g/mol. The molecule has 0 amide bonds. The van der Waals surface area contributed by atoms with E-state index in [0.29, 0.717) is 5.56 Å². The molecule has 3 nitrogen and oxygen atoms in total. The average molecular weight is 209 g/mol. The SMILES string of the molecule is CNc1ccnc(-c2cccc(C#N)c2)c1. The van der Waals surface area contributed by atoms with E-state index < -0.39 is 0 Å². The number of anilines is 1. The molecule has 0 bridgehead atoms. The molecule has 3 heteroatoms. The average Bonchev–Trinajstić information content (AvgIpc) is 2.39. The third-order valence-corrected chi connectivity index (χ3v) is 2.34. The molecule has 0 saturated heterocycles. The van der Waals surface area contributed by atoms with Crippen LogP contribution in [0, 0.1) is 11.3 Å². The van der Waals surface area contributed by atoms with Crippen molar-refractivity contribution in [3.63, 3.8) is 0 Å². The van der Waals surface area contributed by atoms with Crippen LogP contribution in [0.25, 0.3) is 11.3 Å². The topological polar surface area (TPSA) is 48.7 Å². The van der Waals surface area contributed by atoms with Gasteiger partial charge in [-0.15, -0.1) is 0 Å². The van der Waals surface area contributed by atoms with Gasteiger partial charge in [0.2, 0.25) is 0 Å². The molecule has 1 heterocycles. The first-order chi connectivity index (χ1) is 7.83. The van der Waals surface area contributed by atoms with Gasteiger partial charge in [0.15, 0.2) is 0 Å². The Morgan fingerprint density at radius 3 is 2.88 bits per heavy atom. The first kappa shape index (κ1) is 10.2. The lowest BCUT2D eigenvalue weighted by atomic mass is 10.1. The third-order valence-electron chi connectivity index (χ3n) is 2.34. The van der Waals surface area contributed by atoms with Crippen LogP contribution in [0.1, 0.15) is 5.56 Å². The third kappa shape index (κ3) is 2.01. The fourth-order valence-corrected chi connectivity index (χ4v) is 1.49. The maximum atomic E-state index is 8.83. The van der Waals surface area contributed by atoms with Crippen LogP contribution in [-0.4, -0.2) is 12.0 Å². The van der Waals surface area contributed by atoms with E-state index in [1.807, 2.05) is 37.4 Å². The summed E-state index contributed by atoms with van der Waals surface area (Å²) in [5, 5.41) is 11.9. The van der Waals surface area contributed by atoms with E-state index in [9.17, 15) is 0 Å². The normalized spacial score (nSPS) is 9.50. The minimum atomic E-state index is 0.647. The van der Waals surface area contributed by atoms with Crippen molar-refractivity contribution in [1.82, 2.24) is 4.98 Å². The Balaban J connectivity index is 2.46. The van der Waals surface area contributed by atoms with Crippen LogP contribution >= 0.6 is 0 Å². The Morgan fingerprint density at radius 1 is 1.25 bits per heavy atom. The first-order valence-electron chi connectivity index (χ1n) is 4.98. The standard InChI is InChI=1S/C13H11N3/c1-15-12-5-6-16-13(8-12)11-4-2-3-10(7-11)9-14/h2-8H,1H3,(H,15,16). The van der Waals surface area contributed by atoms with Crippen LogP contribution in [-0.2, 0) is 0 Å². The van der Waals surface area contributed by atoms with Crippen LogP contribution in [0.2, 0.25) is 0 Å².